The summed E-state index contributed by atoms with van der Waals surface area (Å²) in [5, 5.41) is 8.84. The van der Waals surface area contributed by atoms with Crippen molar-refractivity contribution in [2.45, 2.75) is 0 Å². The molecule has 1 heterocycles. The molecule has 0 unspecified atom stereocenters. The van der Waals surface area contributed by atoms with Crippen LogP contribution >= 0.6 is 23.2 Å². The van der Waals surface area contributed by atoms with Crippen molar-refractivity contribution in [3.8, 4) is 0 Å². The first-order valence-electron chi connectivity index (χ1n) is 6.12. The molecule has 7 heteroatoms. The molecule has 2 aromatic carbocycles. The van der Waals surface area contributed by atoms with E-state index in [4.69, 9.17) is 28.3 Å². The van der Waals surface area contributed by atoms with Gasteiger partial charge in [0.25, 0.3) is 11.8 Å². The number of benzene rings is 2. The number of carbonyl (C=O) groups is 3. The summed E-state index contributed by atoms with van der Waals surface area (Å²) in [5.74, 6) is -2.45. The van der Waals surface area contributed by atoms with Crippen LogP contribution in [0.3, 0.4) is 0 Å². The average molecular weight is 336 g/mol. The van der Waals surface area contributed by atoms with Gasteiger partial charge in [-0.3, -0.25) is 9.59 Å². The summed E-state index contributed by atoms with van der Waals surface area (Å²) in [6.45, 7) is 0. The van der Waals surface area contributed by atoms with Crippen LogP contribution in [0.4, 0.5) is 5.69 Å². The molecule has 0 saturated carbocycles. The van der Waals surface area contributed by atoms with E-state index in [1.165, 1.54) is 24.3 Å². The number of carboxylic acid groups (broad SMARTS) is 1. The summed E-state index contributed by atoms with van der Waals surface area (Å²) >= 11 is 11.9. The van der Waals surface area contributed by atoms with E-state index in [0.29, 0.717) is 0 Å². The minimum Gasteiger partial charge on any atom is -0.478 e. The predicted molar refractivity (Wildman–Crippen MR) is 81.0 cm³/mol. The largest absolute Gasteiger partial charge is 0.478 e. The molecule has 0 fully saturated rings. The Morgan fingerprint density at radius 3 is 2.00 bits per heavy atom. The number of hydrogen-bond acceptors (Lipinski definition) is 3. The molecule has 1 N–H and O–H groups in total. The zero-order valence-corrected chi connectivity index (χ0v) is 12.4. The Kier molecular flexibility index (Phi) is 3.39. The van der Waals surface area contributed by atoms with E-state index in [2.05, 4.69) is 0 Å². The standard InChI is InChI=1S/C15H7Cl2NO4/c16-9-5-6-10(12(17)11(9)15(21)22)18-13(19)7-3-1-2-4-8(7)14(18)20/h1-6H,(H,21,22). The van der Waals surface area contributed by atoms with Gasteiger partial charge < -0.3 is 5.11 Å². The monoisotopic (exact) mass is 335 g/mol. The Hall–Kier alpha value is -2.37. The molecule has 0 atom stereocenters. The maximum atomic E-state index is 12.4. The fourth-order valence-electron chi connectivity index (χ4n) is 2.32. The molecule has 0 radical (unpaired) electrons. The lowest BCUT2D eigenvalue weighted by atomic mass is 10.1. The molecule has 0 spiro atoms. The normalized spacial score (nSPS) is 13.5. The van der Waals surface area contributed by atoms with Crippen molar-refractivity contribution >= 4 is 46.7 Å². The van der Waals surface area contributed by atoms with Gasteiger partial charge in [-0.2, -0.15) is 0 Å². The second kappa shape index (κ2) is 5.12. The van der Waals surface area contributed by atoms with Crippen molar-refractivity contribution in [3.05, 3.63) is 63.1 Å². The van der Waals surface area contributed by atoms with Gasteiger partial charge in [0.15, 0.2) is 0 Å². The van der Waals surface area contributed by atoms with Crippen LogP contribution in [0.2, 0.25) is 10.0 Å². The smallest absolute Gasteiger partial charge is 0.338 e. The number of fused-ring (bicyclic) bond motifs is 1. The highest BCUT2D eigenvalue weighted by Gasteiger charge is 2.38. The molecule has 0 aliphatic carbocycles. The van der Waals surface area contributed by atoms with Gasteiger partial charge in [0.1, 0.15) is 0 Å². The molecular formula is C15H7Cl2NO4. The molecule has 0 saturated heterocycles. The minimum atomic E-state index is -1.34. The predicted octanol–water partition coefficient (Wildman–Crippen LogP) is 3.49. The molecule has 110 valence electrons. The number of amides is 2. The summed E-state index contributed by atoms with van der Waals surface area (Å²) in [6, 6.07) is 8.96. The van der Waals surface area contributed by atoms with E-state index in [1.807, 2.05) is 0 Å². The zero-order chi connectivity index (χ0) is 16.0. The van der Waals surface area contributed by atoms with E-state index >= 15 is 0 Å². The maximum Gasteiger partial charge on any atom is 0.338 e. The van der Waals surface area contributed by atoms with Crippen LogP contribution in [-0.4, -0.2) is 22.9 Å². The van der Waals surface area contributed by atoms with Gasteiger partial charge in [0.2, 0.25) is 0 Å². The number of halogens is 2. The lowest BCUT2D eigenvalue weighted by molar-refractivity contribution is 0.0696. The Labute approximate surface area is 134 Å². The Balaban J connectivity index is 2.19. The lowest BCUT2D eigenvalue weighted by Crippen LogP contribution is -2.30. The number of rotatable bonds is 2. The van der Waals surface area contributed by atoms with Crippen LogP contribution in [0.25, 0.3) is 0 Å². The van der Waals surface area contributed by atoms with Crippen molar-refractivity contribution in [1.29, 1.82) is 0 Å². The van der Waals surface area contributed by atoms with E-state index in [-0.39, 0.29) is 32.4 Å². The first-order valence-corrected chi connectivity index (χ1v) is 6.88. The van der Waals surface area contributed by atoms with E-state index in [0.717, 1.165) is 4.90 Å². The number of carboxylic acids is 1. The molecule has 1 aliphatic heterocycles. The SMILES string of the molecule is O=C(O)c1c(Cl)ccc(N2C(=O)c3ccccc3C2=O)c1Cl. The van der Waals surface area contributed by atoms with E-state index < -0.39 is 17.8 Å². The fourth-order valence-corrected chi connectivity index (χ4v) is 2.94. The molecule has 3 rings (SSSR count). The van der Waals surface area contributed by atoms with E-state index in [9.17, 15) is 14.4 Å². The summed E-state index contributed by atoms with van der Waals surface area (Å²) in [7, 11) is 0. The number of nitrogens with zero attached hydrogens (tertiary/aromatic N) is 1. The first-order chi connectivity index (χ1) is 10.4. The first kappa shape index (κ1) is 14.6. The Morgan fingerprint density at radius 2 is 1.50 bits per heavy atom. The lowest BCUT2D eigenvalue weighted by Gasteiger charge is -2.17. The number of anilines is 1. The van der Waals surface area contributed by atoms with Crippen molar-refractivity contribution < 1.29 is 19.5 Å². The maximum absolute atomic E-state index is 12.4. The second-order valence-corrected chi connectivity index (χ2v) is 5.34. The van der Waals surface area contributed by atoms with Crippen LogP contribution < -0.4 is 4.90 Å². The highest BCUT2D eigenvalue weighted by molar-refractivity contribution is 6.44. The summed E-state index contributed by atoms with van der Waals surface area (Å²) in [4.78, 5) is 36.9. The molecular weight excluding hydrogens is 329 g/mol. The molecule has 1 aliphatic rings. The Morgan fingerprint density at radius 1 is 0.955 bits per heavy atom. The average Bonchev–Trinajstić information content (AvgIpc) is 2.72. The van der Waals surface area contributed by atoms with Crippen LogP contribution in [0.15, 0.2) is 36.4 Å². The third-order valence-electron chi connectivity index (χ3n) is 3.32. The van der Waals surface area contributed by atoms with E-state index in [1.54, 1.807) is 12.1 Å². The van der Waals surface area contributed by atoms with Crippen molar-refractivity contribution in [3.63, 3.8) is 0 Å². The highest BCUT2D eigenvalue weighted by Crippen LogP contribution is 2.37. The molecule has 0 aromatic heterocycles. The summed E-state index contributed by atoms with van der Waals surface area (Å²) < 4.78 is 0. The third-order valence-corrected chi connectivity index (χ3v) is 4.02. The number of imide groups is 1. The fraction of sp³-hybridized carbons (Fsp3) is 0. The van der Waals surface area contributed by atoms with Crippen LogP contribution in [-0.2, 0) is 0 Å². The van der Waals surface area contributed by atoms with Crippen LogP contribution in [0.1, 0.15) is 31.1 Å². The topological polar surface area (TPSA) is 74.7 Å². The molecule has 0 bridgehead atoms. The van der Waals surface area contributed by atoms with Gasteiger partial charge in [0.05, 0.1) is 32.4 Å². The zero-order valence-electron chi connectivity index (χ0n) is 10.8. The quantitative estimate of drug-likeness (QED) is 0.852. The van der Waals surface area contributed by atoms with Gasteiger partial charge >= 0.3 is 5.97 Å². The summed E-state index contributed by atoms with van der Waals surface area (Å²) in [5.41, 5.74) is 0.137. The van der Waals surface area contributed by atoms with Gasteiger partial charge in [-0.1, -0.05) is 35.3 Å². The van der Waals surface area contributed by atoms with Gasteiger partial charge in [-0.25, -0.2) is 9.69 Å². The Bertz CT molecular complexity index is 812. The van der Waals surface area contributed by atoms with Crippen molar-refractivity contribution in [2.75, 3.05) is 4.90 Å². The molecule has 2 amide bonds. The van der Waals surface area contributed by atoms with Gasteiger partial charge in [0, 0.05) is 0 Å². The third kappa shape index (κ3) is 1.98. The minimum absolute atomic E-state index is 0.00494. The van der Waals surface area contributed by atoms with Crippen molar-refractivity contribution in [1.82, 2.24) is 0 Å². The second-order valence-electron chi connectivity index (χ2n) is 4.55. The number of aromatic carboxylic acids is 1. The molecule has 5 nitrogen and oxygen atoms in total. The molecule has 22 heavy (non-hydrogen) atoms. The van der Waals surface area contributed by atoms with Crippen LogP contribution in [0.5, 0.6) is 0 Å². The van der Waals surface area contributed by atoms with Gasteiger partial charge in [-0.05, 0) is 24.3 Å². The van der Waals surface area contributed by atoms with Gasteiger partial charge in [-0.15, -0.1) is 0 Å². The van der Waals surface area contributed by atoms with Crippen LogP contribution in [0, 0.1) is 0 Å². The van der Waals surface area contributed by atoms with Crippen molar-refractivity contribution in [2.24, 2.45) is 0 Å². The summed E-state index contributed by atoms with van der Waals surface area (Å²) in [6.07, 6.45) is 0. The number of hydrogen-bond donors (Lipinski definition) is 1. The highest BCUT2D eigenvalue weighted by atomic mass is 35.5. The molecule has 2 aromatic rings. The number of carbonyl (C=O) groups excluding carboxylic acids is 2.